The Kier molecular flexibility index (Phi) is 5.17. The average molecular weight is 392 g/mol. The summed E-state index contributed by atoms with van der Waals surface area (Å²) in [5, 5.41) is 1.14. The molecule has 0 fully saturated rings. The average Bonchev–Trinajstić information content (AvgIpc) is 2.61. The highest BCUT2D eigenvalue weighted by Gasteiger charge is 2.25. The zero-order valence-electron chi connectivity index (χ0n) is 14.4. The van der Waals surface area contributed by atoms with E-state index < -0.39 is 11.8 Å². The molecule has 0 aliphatic rings. The molecule has 2 aromatic carbocycles. The number of hydrogen-bond acceptors (Lipinski definition) is 3. The number of fused-ring (bicyclic) bond motifs is 1. The molecule has 0 N–H and O–H groups in total. The lowest BCUT2D eigenvalue weighted by atomic mass is 9.88. The maximum Gasteiger partial charge on any atom is 0.356 e. The molecule has 0 atom stereocenters. The van der Waals surface area contributed by atoms with Crippen molar-refractivity contribution < 1.29 is 13.9 Å². The predicted octanol–water partition coefficient (Wildman–Crippen LogP) is 6.26. The third kappa shape index (κ3) is 3.15. The van der Waals surface area contributed by atoms with E-state index in [4.69, 9.17) is 27.9 Å². The van der Waals surface area contributed by atoms with Crippen molar-refractivity contribution in [2.75, 3.05) is 7.11 Å². The monoisotopic (exact) mass is 391 g/mol. The second-order valence-electron chi connectivity index (χ2n) is 6.16. The summed E-state index contributed by atoms with van der Waals surface area (Å²) in [6.07, 6.45) is 0. The molecule has 0 aliphatic heterocycles. The zero-order valence-corrected chi connectivity index (χ0v) is 16.0. The Balaban J connectivity index is 2.55. The number of methoxy groups -OCH3 is 1. The molecule has 1 aromatic heterocycles. The van der Waals surface area contributed by atoms with Gasteiger partial charge in [-0.2, -0.15) is 0 Å². The fourth-order valence-electron chi connectivity index (χ4n) is 3.05. The molecule has 3 nitrogen and oxygen atoms in total. The van der Waals surface area contributed by atoms with Crippen molar-refractivity contribution in [1.29, 1.82) is 0 Å². The van der Waals surface area contributed by atoms with Crippen LogP contribution in [0.25, 0.3) is 22.0 Å². The highest BCUT2D eigenvalue weighted by Crippen LogP contribution is 2.40. The molecule has 1 heterocycles. The van der Waals surface area contributed by atoms with Crippen molar-refractivity contribution >= 4 is 40.1 Å². The highest BCUT2D eigenvalue weighted by atomic mass is 35.5. The lowest BCUT2D eigenvalue weighted by Crippen LogP contribution is -2.12. The van der Waals surface area contributed by atoms with E-state index in [1.54, 1.807) is 30.3 Å². The van der Waals surface area contributed by atoms with Crippen LogP contribution in [0, 0.1) is 5.82 Å². The van der Waals surface area contributed by atoms with Gasteiger partial charge in [0, 0.05) is 16.0 Å². The van der Waals surface area contributed by atoms with Gasteiger partial charge < -0.3 is 4.74 Å². The number of nitrogens with zero attached hydrogens (tertiary/aromatic N) is 1. The summed E-state index contributed by atoms with van der Waals surface area (Å²) in [6.45, 7) is 3.82. The molecular weight excluding hydrogens is 376 g/mol. The van der Waals surface area contributed by atoms with Crippen molar-refractivity contribution in [2.24, 2.45) is 0 Å². The third-order valence-corrected chi connectivity index (χ3v) is 4.69. The molecule has 3 rings (SSSR count). The minimum absolute atomic E-state index is 0.00353. The third-order valence-electron chi connectivity index (χ3n) is 4.16. The van der Waals surface area contributed by atoms with Gasteiger partial charge in [-0.15, -0.1) is 0 Å². The van der Waals surface area contributed by atoms with Crippen LogP contribution < -0.4 is 0 Å². The number of carbonyl (C=O) groups is 1. The summed E-state index contributed by atoms with van der Waals surface area (Å²) in [5.74, 6) is -1.25. The second-order valence-corrected chi connectivity index (χ2v) is 7.00. The second kappa shape index (κ2) is 7.22. The number of aromatic nitrogens is 1. The lowest BCUT2D eigenvalue weighted by Gasteiger charge is -2.20. The van der Waals surface area contributed by atoms with E-state index in [1.807, 2.05) is 13.8 Å². The molecular formula is C20H16Cl2FNO2. The summed E-state index contributed by atoms with van der Waals surface area (Å²) >= 11 is 12.2. The summed E-state index contributed by atoms with van der Waals surface area (Å²) in [6, 6.07) is 9.86. The largest absolute Gasteiger partial charge is 0.464 e. The van der Waals surface area contributed by atoms with Gasteiger partial charge >= 0.3 is 5.97 Å². The van der Waals surface area contributed by atoms with Crippen molar-refractivity contribution in [3.05, 3.63) is 63.5 Å². The zero-order chi connectivity index (χ0) is 19.0. The van der Waals surface area contributed by atoms with Gasteiger partial charge in [0.25, 0.3) is 0 Å². The van der Waals surface area contributed by atoms with Crippen LogP contribution in [0.1, 0.15) is 35.8 Å². The number of esters is 1. The predicted molar refractivity (Wildman–Crippen MR) is 103 cm³/mol. The quantitative estimate of drug-likeness (QED) is 0.494. The van der Waals surface area contributed by atoms with E-state index in [2.05, 4.69) is 4.98 Å². The molecule has 26 heavy (non-hydrogen) atoms. The molecule has 3 aromatic rings. The van der Waals surface area contributed by atoms with E-state index in [0.29, 0.717) is 32.6 Å². The summed E-state index contributed by atoms with van der Waals surface area (Å²) in [5.41, 5.74) is 2.11. The van der Waals surface area contributed by atoms with Crippen molar-refractivity contribution in [2.45, 2.75) is 19.8 Å². The van der Waals surface area contributed by atoms with Gasteiger partial charge in [0.05, 0.1) is 17.6 Å². The minimum Gasteiger partial charge on any atom is -0.464 e. The molecule has 134 valence electrons. The number of carbonyl (C=O) groups excluding carboxylic acids is 1. The van der Waals surface area contributed by atoms with Gasteiger partial charge in [-0.05, 0) is 41.3 Å². The maximum absolute atomic E-state index is 14.9. The standard InChI is InChI=1S/C20H16Cl2FNO2/c1-10(2)16-17(12-5-4-6-14(22)18(12)23)13-9-11(21)7-8-15(13)24-19(16)20(25)26-3/h4-10H,1-3H3. The summed E-state index contributed by atoms with van der Waals surface area (Å²) in [7, 11) is 1.29. The van der Waals surface area contributed by atoms with Crippen molar-refractivity contribution in [3.63, 3.8) is 0 Å². The summed E-state index contributed by atoms with van der Waals surface area (Å²) in [4.78, 5) is 16.8. The van der Waals surface area contributed by atoms with E-state index >= 15 is 0 Å². The van der Waals surface area contributed by atoms with E-state index in [0.717, 1.165) is 0 Å². The number of hydrogen-bond donors (Lipinski definition) is 0. The fourth-order valence-corrected chi connectivity index (χ4v) is 3.40. The van der Waals surface area contributed by atoms with Crippen LogP contribution >= 0.6 is 23.2 Å². The molecule has 0 spiro atoms. The molecule has 0 unspecified atom stereocenters. The van der Waals surface area contributed by atoms with E-state index in [9.17, 15) is 9.18 Å². The topological polar surface area (TPSA) is 39.2 Å². The van der Waals surface area contributed by atoms with Gasteiger partial charge in [-0.3, -0.25) is 0 Å². The number of rotatable bonds is 3. The number of pyridine rings is 1. The van der Waals surface area contributed by atoms with Gasteiger partial charge in [-0.1, -0.05) is 49.2 Å². The fraction of sp³-hybridized carbons (Fsp3) is 0.200. The first-order valence-corrected chi connectivity index (χ1v) is 8.76. The highest BCUT2D eigenvalue weighted by molar-refractivity contribution is 6.32. The molecule has 0 bridgehead atoms. The Morgan fingerprint density at radius 1 is 1.19 bits per heavy atom. The molecule has 0 radical (unpaired) electrons. The van der Waals surface area contributed by atoms with Crippen LogP contribution in [0.5, 0.6) is 0 Å². The molecule has 0 saturated heterocycles. The molecule has 6 heteroatoms. The first-order chi connectivity index (χ1) is 12.3. The molecule has 0 aliphatic carbocycles. The van der Waals surface area contributed by atoms with Crippen LogP contribution in [0.4, 0.5) is 4.39 Å². The van der Waals surface area contributed by atoms with Crippen molar-refractivity contribution in [1.82, 2.24) is 4.98 Å². The number of ether oxygens (including phenoxy) is 1. The summed E-state index contributed by atoms with van der Waals surface area (Å²) < 4.78 is 19.8. The Bertz CT molecular complexity index is 1020. The maximum atomic E-state index is 14.9. The Morgan fingerprint density at radius 3 is 2.58 bits per heavy atom. The first-order valence-electron chi connectivity index (χ1n) is 8.01. The Labute approximate surface area is 160 Å². The van der Waals surface area contributed by atoms with Crippen LogP contribution in [-0.2, 0) is 4.74 Å². The lowest BCUT2D eigenvalue weighted by molar-refractivity contribution is 0.0592. The molecule has 0 saturated carbocycles. The van der Waals surface area contributed by atoms with Crippen molar-refractivity contribution in [3.8, 4) is 11.1 Å². The van der Waals surface area contributed by atoms with Gasteiger partial charge in [0.2, 0.25) is 0 Å². The van der Waals surface area contributed by atoms with E-state index in [1.165, 1.54) is 13.2 Å². The number of benzene rings is 2. The first kappa shape index (κ1) is 18.6. The molecule has 0 amide bonds. The van der Waals surface area contributed by atoms with Crippen LogP contribution in [0.3, 0.4) is 0 Å². The normalized spacial score (nSPS) is 11.2. The van der Waals surface area contributed by atoms with Gasteiger partial charge in [0.15, 0.2) is 5.69 Å². The minimum atomic E-state index is -0.575. The van der Waals surface area contributed by atoms with Gasteiger partial charge in [0.1, 0.15) is 5.82 Å². The smallest absolute Gasteiger partial charge is 0.356 e. The van der Waals surface area contributed by atoms with Gasteiger partial charge in [-0.25, -0.2) is 14.2 Å². The number of halogens is 3. The Morgan fingerprint density at radius 2 is 1.92 bits per heavy atom. The Hall–Kier alpha value is -2.17. The SMILES string of the molecule is COC(=O)c1nc2ccc(Cl)cc2c(-c2cccc(Cl)c2F)c1C(C)C. The van der Waals surface area contributed by atoms with Crippen LogP contribution in [-0.4, -0.2) is 18.1 Å². The van der Waals surface area contributed by atoms with E-state index in [-0.39, 0.29) is 16.6 Å². The van der Waals surface area contributed by atoms with Crippen LogP contribution in [0.2, 0.25) is 10.0 Å². The van der Waals surface area contributed by atoms with Crippen LogP contribution in [0.15, 0.2) is 36.4 Å².